The first-order chi connectivity index (χ1) is 14.3. The third-order valence-electron chi connectivity index (χ3n) is 5.23. The van der Waals surface area contributed by atoms with Crippen LogP contribution in [0, 0.1) is 0 Å². The number of aromatic nitrogens is 1. The number of nitrogens with zero attached hydrogens (tertiary/aromatic N) is 3. The standard InChI is InChI=1S/C20H20F3N5OS/c21-20(22,23)12-2-4-13(5-3-12)27-8-1-9-28(11-10-27)14-6-7-26-19-15(14)16(24)17(30-19)18(25)29/h2-7H,1,8-11,24H2,(H2,25,29). The highest BCUT2D eigenvalue weighted by molar-refractivity contribution is 7.21. The van der Waals surface area contributed by atoms with Gasteiger partial charge in [-0.1, -0.05) is 0 Å². The third kappa shape index (κ3) is 3.74. The lowest BCUT2D eigenvalue weighted by atomic mass is 10.2. The van der Waals surface area contributed by atoms with Crippen LogP contribution in [0.25, 0.3) is 10.2 Å². The van der Waals surface area contributed by atoms with E-state index in [1.807, 2.05) is 6.07 Å². The van der Waals surface area contributed by atoms with Crippen molar-refractivity contribution < 1.29 is 18.0 Å². The number of hydrogen-bond donors (Lipinski definition) is 2. The van der Waals surface area contributed by atoms with Crippen molar-refractivity contribution in [3.8, 4) is 0 Å². The minimum absolute atomic E-state index is 0.297. The monoisotopic (exact) mass is 435 g/mol. The van der Waals surface area contributed by atoms with Crippen LogP contribution < -0.4 is 21.3 Å². The highest BCUT2D eigenvalue weighted by Crippen LogP contribution is 2.39. The van der Waals surface area contributed by atoms with Crippen LogP contribution in [0.1, 0.15) is 21.7 Å². The number of hydrogen-bond acceptors (Lipinski definition) is 6. The lowest BCUT2D eigenvalue weighted by Crippen LogP contribution is -2.30. The summed E-state index contributed by atoms with van der Waals surface area (Å²) in [6, 6.07) is 7.12. The van der Waals surface area contributed by atoms with Gasteiger partial charge in [-0.2, -0.15) is 13.2 Å². The Morgan fingerprint density at radius 2 is 1.70 bits per heavy atom. The molecule has 2 aromatic heterocycles. The molecule has 10 heteroatoms. The van der Waals surface area contributed by atoms with E-state index in [0.29, 0.717) is 28.5 Å². The maximum atomic E-state index is 12.8. The molecule has 1 saturated heterocycles. The first-order valence-electron chi connectivity index (χ1n) is 9.39. The van der Waals surface area contributed by atoms with E-state index in [0.717, 1.165) is 48.4 Å². The van der Waals surface area contributed by atoms with Gasteiger partial charge >= 0.3 is 6.18 Å². The maximum absolute atomic E-state index is 12.8. The van der Waals surface area contributed by atoms with Crippen molar-refractivity contribution in [2.24, 2.45) is 5.73 Å². The van der Waals surface area contributed by atoms with Crippen molar-refractivity contribution in [1.29, 1.82) is 0 Å². The van der Waals surface area contributed by atoms with Gasteiger partial charge in [-0.05, 0) is 36.8 Å². The SMILES string of the molecule is NC(=O)c1sc2nccc(N3CCCN(c4ccc(C(F)(F)F)cc4)CC3)c2c1N. The number of halogens is 3. The molecule has 0 bridgehead atoms. The Bertz CT molecular complexity index is 1080. The molecule has 30 heavy (non-hydrogen) atoms. The summed E-state index contributed by atoms with van der Waals surface area (Å²) in [5.74, 6) is -0.578. The Morgan fingerprint density at radius 1 is 1.03 bits per heavy atom. The molecule has 6 nitrogen and oxygen atoms in total. The highest BCUT2D eigenvalue weighted by Gasteiger charge is 2.30. The molecule has 3 aromatic rings. The Labute approximate surface area is 174 Å². The summed E-state index contributed by atoms with van der Waals surface area (Å²) in [6.07, 6.45) is -1.85. The number of nitrogen functional groups attached to an aromatic ring is 1. The summed E-state index contributed by atoms with van der Waals surface area (Å²) in [7, 11) is 0. The number of rotatable bonds is 3. The average Bonchev–Trinajstić information content (AvgIpc) is 2.89. The number of carbonyl (C=O) groups excluding carboxylic acids is 1. The zero-order valence-electron chi connectivity index (χ0n) is 15.9. The van der Waals surface area contributed by atoms with E-state index in [4.69, 9.17) is 11.5 Å². The number of nitrogens with two attached hydrogens (primary N) is 2. The van der Waals surface area contributed by atoms with Crippen molar-refractivity contribution in [3.63, 3.8) is 0 Å². The minimum atomic E-state index is -4.34. The number of primary amides is 1. The van der Waals surface area contributed by atoms with Crippen LogP contribution >= 0.6 is 11.3 Å². The average molecular weight is 435 g/mol. The number of fused-ring (bicyclic) bond motifs is 1. The molecule has 1 aromatic carbocycles. The smallest absolute Gasteiger partial charge is 0.397 e. The molecule has 4 rings (SSSR count). The van der Waals surface area contributed by atoms with Crippen LogP contribution in [-0.4, -0.2) is 37.1 Å². The van der Waals surface area contributed by atoms with Crippen LogP contribution in [0.2, 0.25) is 0 Å². The summed E-state index contributed by atoms with van der Waals surface area (Å²) in [6.45, 7) is 2.77. The van der Waals surface area contributed by atoms with Gasteiger partial charge in [-0.15, -0.1) is 11.3 Å². The zero-order chi connectivity index (χ0) is 21.5. The van der Waals surface area contributed by atoms with E-state index in [-0.39, 0.29) is 0 Å². The van der Waals surface area contributed by atoms with Gasteiger partial charge in [0.15, 0.2) is 0 Å². The van der Waals surface area contributed by atoms with Crippen molar-refractivity contribution in [2.45, 2.75) is 12.6 Å². The van der Waals surface area contributed by atoms with Crippen molar-refractivity contribution in [2.75, 3.05) is 41.7 Å². The topological polar surface area (TPSA) is 88.5 Å². The molecule has 158 valence electrons. The second kappa shape index (κ2) is 7.67. The second-order valence-electron chi connectivity index (χ2n) is 7.09. The van der Waals surface area contributed by atoms with Gasteiger partial charge in [0.1, 0.15) is 9.71 Å². The van der Waals surface area contributed by atoms with Gasteiger partial charge in [-0.25, -0.2) is 4.98 Å². The van der Waals surface area contributed by atoms with Crippen molar-refractivity contribution >= 4 is 44.5 Å². The Balaban J connectivity index is 1.57. The molecule has 0 aliphatic carbocycles. The van der Waals surface area contributed by atoms with E-state index in [2.05, 4.69) is 14.8 Å². The predicted octanol–water partition coefficient (Wildman–Crippen LogP) is 3.71. The van der Waals surface area contributed by atoms with Gasteiger partial charge in [-0.3, -0.25) is 4.79 Å². The summed E-state index contributed by atoms with van der Waals surface area (Å²) in [5.41, 5.74) is 13.0. The van der Waals surface area contributed by atoms with E-state index >= 15 is 0 Å². The summed E-state index contributed by atoms with van der Waals surface area (Å²) in [4.78, 5) is 21.2. The van der Waals surface area contributed by atoms with E-state index in [9.17, 15) is 18.0 Å². The van der Waals surface area contributed by atoms with Crippen LogP contribution in [0.15, 0.2) is 36.5 Å². The molecule has 1 fully saturated rings. The van der Waals surface area contributed by atoms with Gasteiger partial charge in [0.25, 0.3) is 5.91 Å². The quantitative estimate of drug-likeness (QED) is 0.655. The van der Waals surface area contributed by atoms with E-state index in [1.54, 1.807) is 6.20 Å². The molecule has 0 spiro atoms. The molecule has 1 amide bonds. The largest absolute Gasteiger partial charge is 0.416 e. The third-order valence-corrected chi connectivity index (χ3v) is 6.36. The number of amides is 1. The number of pyridine rings is 1. The Kier molecular flexibility index (Phi) is 5.19. The molecule has 0 radical (unpaired) electrons. The number of benzene rings is 1. The van der Waals surface area contributed by atoms with Gasteiger partial charge in [0, 0.05) is 38.1 Å². The Morgan fingerprint density at radius 3 is 2.37 bits per heavy atom. The lowest BCUT2D eigenvalue weighted by molar-refractivity contribution is -0.137. The van der Waals surface area contributed by atoms with Gasteiger partial charge in [0.2, 0.25) is 0 Å². The fourth-order valence-electron chi connectivity index (χ4n) is 3.75. The van der Waals surface area contributed by atoms with E-state index < -0.39 is 17.6 Å². The van der Waals surface area contributed by atoms with Crippen LogP contribution in [0.5, 0.6) is 0 Å². The normalized spacial score (nSPS) is 15.4. The first-order valence-corrected chi connectivity index (χ1v) is 10.2. The molecular formula is C20H20F3N5OS. The molecule has 0 unspecified atom stereocenters. The lowest BCUT2D eigenvalue weighted by Gasteiger charge is -2.25. The molecule has 1 aliphatic rings. The number of anilines is 3. The van der Waals surface area contributed by atoms with Gasteiger partial charge < -0.3 is 21.3 Å². The van der Waals surface area contributed by atoms with Crippen LogP contribution in [0.3, 0.4) is 0 Å². The molecule has 1 aliphatic heterocycles. The van der Waals surface area contributed by atoms with Crippen LogP contribution in [-0.2, 0) is 6.18 Å². The zero-order valence-corrected chi connectivity index (χ0v) is 16.8. The number of carbonyl (C=O) groups is 1. The molecular weight excluding hydrogens is 415 g/mol. The fourth-order valence-corrected chi connectivity index (χ4v) is 4.69. The second-order valence-corrected chi connectivity index (χ2v) is 8.09. The van der Waals surface area contributed by atoms with Crippen LogP contribution in [0.4, 0.5) is 30.2 Å². The fraction of sp³-hybridized carbons (Fsp3) is 0.300. The Hall–Kier alpha value is -3.01. The molecule has 0 atom stereocenters. The minimum Gasteiger partial charge on any atom is -0.397 e. The maximum Gasteiger partial charge on any atom is 0.416 e. The molecule has 3 heterocycles. The summed E-state index contributed by atoms with van der Waals surface area (Å²) < 4.78 is 38.4. The number of alkyl halides is 3. The van der Waals surface area contributed by atoms with E-state index in [1.165, 1.54) is 23.5 Å². The number of thiophene rings is 1. The highest BCUT2D eigenvalue weighted by atomic mass is 32.1. The first kappa shape index (κ1) is 20.3. The van der Waals surface area contributed by atoms with Crippen molar-refractivity contribution in [3.05, 3.63) is 47.0 Å². The summed E-state index contributed by atoms with van der Waals surface area (Å²) in [5, 5.41) is 0.722. The van der Waals surface area contributed by atoms with Crippen molar-refractivity contribution in [1.82, 2.24) is 4.98 Å². The molecule has 0 saturated carbocycles. The predicted molar refractivity (Wildman–Crippen MR) is 113 cm³/mol. The molecule has 4 N–H and O–H groups in total. The summed E-state index contributed by atoms with van der Waals surface area (Å²) >= 11 is 1.18. The van der Waals surface area contributed by atoms with Gasteiger partial charge in [0.05, 0.1) is 22.3 Å².